The third-order valence-electron chi connectivity index (χ3n) is 4.17. The molecular formula is C15H23N5. The van der Waals surface area contributed by atoms with E-state index in [0.717, 1.165) is 24.1 Å². The van der Waals surface area contributed by atoms with Crippen molar-refractivity contribution in [3.8, 4) is 0 Å². The molecule has 1 fully saturated rings. The summed E-state index contributed by atoms with van der Waals surface area (Å²) in [6.07, 6.45) is 5.80. The molecule has 1 saturated heterocycles. The Morgan fingerprint density at radius 2 is 2.15 bits per heavy atom. The van der Waals surface area contributed by atoms with Crippen molar-refractivity contribution in [3.05, 3.63) is 23.9 Å². The summed E-state index contributed by atoms with van der Waals surface area (Å²) in [4.78, 5) is 6.91. The van der Waals surface area contributed by atoms with Crippen LogP contribution >= 0.6 is 0 Å². The SMILES string of the molecule is Cc1ccn2nc(NCCC3CCN(C)CC3)nc2c1. The molecule has 0 bridgehead atoms. The van der Waals surface area contributed by atoms with Gasteiger partial charge >= 0.3 is 0 Å². The summed E-state index contributed by atoms with van der Waals surface area (Å²) < 4.78 is 1.82. The number of aromatic nitrogens is 3. The molecule has 0 unspecified atom stereocenters. The Hall–Kier alpha value is -1.62. The van der Waals surface area contributed by atoms with Gasteiger partial charge in [-0.1, -0.05) is 0 Å². The molecule has 0 aliphatic carbocycles. The number of likely N-dealkylation sites (tertiary alicyclic amines) is 1. The minimum absolute atomic E-state index is 0.739. The zero-order valence-corrected chi connectivity index (χ0v) is 12.3. The number of nitrogens with zero attached hydrogens (tertiary/aromatic N) is 4. The van der Waals surface area contributed by atoms with Gasteiger partial charge in [-0.2, -0.15) is 4.98 Å². The number of anilines is 1. The second kappa shape index (κ2) is 5.79. The topological polar surface area (TPSA) is 45.5 Å². The van der Waals surface area contributed by atoms with Crippen LogP contribution in [0.25, 0.3) is 5.65 Å². The van der Waals surface area contributed by atoms with Crippen LogP contribution in [-0.2, 0) is 0 Å². The number of nitrogens with one attached hydrogen (secondary N) is 1. The number of piperidine rings is 1. The van der Waals surface area contributed by atoms with Crippen LogP contribution < -0.4 is 5.32 Å². The first kappa shape index (κ1) is 13.4. The van der Waals surface area contributed by atoms with Gasteiger partial charge in [0.2, 0.25) is 5.95 Å². The first-order valence-corrected chi connectivity index (χ1v) is 7.46. The van der Waals surface area contributed by atoms with E-state index in [1.807, 2.05) is 16.8 Å². The molecule has 0 amide bonds. The van der Waals surface area contributed by atoms with Crippen LogP contribution in [-0.4, -0.2) is 46.2 Å². The van der Waals surface area contributed by atoms with Crippen molar-refractivity contribution in [2.24, 2.45) is 5.92 Å². The van der Waals surface area contributed by atoms with Gasteiger partial charge in [0.1, 0.15) is 0 Å². The van der Waals surface area contributed by atoms with Gasteiger partial charge in [-0.05, 0) is 69.9 Å². The Kier molecular flexibility index (Phi) is 3.87. The van der Waals surface area contributed by atoms with Crippen molar-refractivity contribution in [1.29, 1.82) is 0 Å². The van der Waals surface area contributed by atoms with Gasteiger partial charge in [0.15, 0.2) is 5.65 Å². The summed E-state index contributed by atoms with van der Waals surface area (Å²) in [5.74, 6) is 1.58. The second-order valence-corrected chi connectivity index (χ2v) is 5.90. The highest BCUT2D eigenvalue weighted by Gasteiger charge is 2.16. The summed E-state index contributed by atoms with van der Waals surface area (Å²) in [7, 11) is 2.21. The summed E-state index contributed by atoms with van der Waals surface area (Å²) >= 11 is 0. The highest BCUT2D eigenvalue weighted by atomic mass is 15.3. The molecule has 0 atom stereocenters. The fourth-order valence-corrected chi connectivity index (χ4v) is 2.80. The van der Waals surface area contributed by atoms with Crippen LogP contribution in [0.3, 0.4) is 0 Å². The first-order valence-electron chi connectivity index (χ1n) is 7.46. The van der Waals surface area contributed by atoms with Crippen molar-refractivity contribution in [1.82, 2.24) is 19.5 Å². The lowest BCUT2D eigenvalue weighted by atomic mass is 9.94. The molecule has 0 radical (unpaired) electrons. The van der Waals surface area contributed by atoms with E-state index in [9.17, 15) is 0 Å². The smallest absolute Gasteiger partial charge is 0.243 e. The lowest BCUT2D eigenvalue weighted by Crippen LogP contribution is -2.30. The summed E-state index contributed by atoms with van der Waals surface area (Å²) in [5, 5.41) is 7.79. The Morgan fingerprint density at radius 3 is 2.95 bits per heavy atom. The number of fused-ring (bicyclic) bond motifs is 1. The molecule has 108 valence electrons. The van der Waals surface area contributed by atoms with Gasteiger partial charge in [0.25, 0.3) is 0 Å². The maximum absolute atomic E-state index is 4.50. The minimum Gasteiger partial charge on any atom is -0.353 e. The number of rotatable bonds is 4. The molecule has 5 nitrogen and oxygen atoms in total. The Bertz CT molecular complexity index is 569. The molecule has 20 heavy (non-hydrogen) atoms. The molecule has 1 N–H and O–H groups in total. The largest absolute Gasteiger partial charge is 0.353 e. The van der Waals surface area contributed by atoms with Crippen LogP contribution in [0, 0.1) is 12.8 Å². The van der Waals surface area contributed by atoms with E-state index in [1.165, 1.54) is 37.9 Å². The molecule has 2 aromatic rings. The van der Waals surface area contributed by atoms with E-state index in [4.69, 9.17) is 0 Å². The van der Waals surface area contributed by atoms with Crippen LogP contribution in [0.4, 0.5) is 5.95 Å². The zero-order chi connectivity index (χ0) is 13.9. The van der Waals surface area contributed by atoms with Crippen molar-refractivity contribution in [2.75, 3.05) is 32.0 Å². The number of aryl methyl sites for hydroxylation is 1. The van der Waals surface area contributed by atoms with Gasteiger partial charge in [0.05, 0.1) is 0 Å². The normalized spacial score (nSPS) is 17.7. The highest BCUT2D eigenvalue weighted by Crippen LogP contribution is 2.19. The summed E-state index contributed by atoms with van der Waals surface area (Å²) in [5.41, 5.74) is 2.12. The highest BCUT2D eigenvalue weighted by molar-refractivity contribution is 5.45. The van der Waals surface area contributed by atoms with E-state index in [0.29, 0.717) is 0 Å². The molecule has 1 aliphatic heterocycles. The number of hydrogen-bond donors (Lipinski definition) is 1. The standard InChI is InChI=1S/C15H23N5/c1-12-4-10-20-14(11-12)17-15(18-20)16-7-3-13-5-8-19(2)9-6-13/h4,10-11,13H,3,5-9H2,1-2H3,(H,16,18). The molecule has 2 aromatic heterocycles. The van der Waals surface area contributed by atoms with Gasteiger partial charge < -0.3 is 10.2 Å². The van der Waals surface area contributed by atoms with Crippen molar-refractivity contribution >= 4 is 11.6 Å². The van der Waals surface area contributed by atoms with Crippen molar-refractivity contribution < 1.29 is 0 Å². The summed E-state index contributed by atoms with van der Waals surface area (Å²) in [6.45, 7) is 5.50. The quantitative estimate of drug-likeness (QED) is 0.927. The van der Waals surface area contributed by atoms with Crippen molar-refractivity contribution in [2.45, 2.75) is 26.2 Å². The van der Waals surface area contributed by atoms with Crippen LogP contribution in [0.2, 0.25) is 0 Å². The predicted molar refractivity (Wildman–Crippen MR) is 81.1 cm³/mol. The monoisotopic (exact) mass is 273 g/mol. The molecule has 3 rings (SSSR count). The molecular weight excluding hydrogens is 250 g/mol. The van der Waals surface area contributed by atoms with Crippen molar-refractivity contribution in [3.63, 3.8) is 0 Å². The van der Waals surface area contributed by atoms with Gasteiger partial charge in [-0.25, -0.2) is 4.52 Å². The molecule has 5 heteroatoms. The average molecular weight is 273 g/mol. The Morgan fingerprint density at radius 1 is 1.35 bits per heavy atom. The Balaban J connectivity index is 1.52. The molecule has 1 aliphatic rings. The maximum Gasteiger partial charge on any atom is 0.243 e. The van der Waals surface area contributed by atoms with Gasteiger partial charge in [0, 0.05) is 12.7 Å². The maximum atomic E-state index is 4.50. The third kappa shape index (κ3) is 3.10. The fourth-order valence-electron chi connectivity index (χ4n) is 2.80. The molecule has 3 heterocycles. The van der Waals surface area contributed by atoms with E-state index in [-0.39, 0.29) is 0 Å². The third-order valence-corrected chi connectivity index (χ3v) is 4.17. The van der Waals surface area contributed by atoms with E-state index in [2.05, 4.69) is 40.3 Å². The zero-order valence-electron chi connectivity index (χ0n) is 12.3. The van der Waals surface area contributed by atoms with Gasteiger partial charge in [-0.15, -0.1) is 5.10 Å². The van der Waals surface area contributed by atoms with E-state index in [1.54, 1.807) is 0 Å². The fraction of sp³-hybridized carbons (Fsp3) is 0.600. The van der Waals surface area contributed by atoms with Crippen LogP contribution in [0.15, 0.2) is 18.3 Å². The molecule has 0 spiro atoms. The first-order chi connectivity index (χ1) is 9.70. The Labute approximate surface area is 120 Å². The minimum atomic E-state index is 0.739. The summed E-state index contributed by atoms with van der Waals surface area (Å²) in [6, 6.07) is 4.10. The van der Waals surface area contributed by atoms with E-state index >= 15 is 0 Å². The van der Waals surface area contributed by atoms with Crippen LogP contribution in [0.5, 0.6) is 0 Å². The number of hydrogen-bond acceptors (Lipinski definition) is 4. The molecule has 0 saturated carbocycles. The van der Waals surface area contributed by atoms with E-state index < -0.39 is 0 Å². The second-order valence-electron chi connectivity index (χ2n) is 5.90. The lowest BCUT2D eigenvalue weighted by Gasteiger charge is -2.28. The van der Waals surface area contributed by atoms with Crippen LogP contribution in [0.1, 0.15) is 24.8 Å². The number of pyridine rings is 1. The van der Waals surface area contributed by atoms with Gasteiger partial charge in [-0.3, -0.25) is 0 Å². The average Bonchev–Trinajstić information content (AvgIpc) is 2.83. The lowest BCUT2D eigenvalue weighted by molar-refractivity contribution is 0.215. The molecule has 0 aromatic carbocycles. The predicted octanol–water partition coefficient (Wildman–Crippen LogP) is 2.18.